The van der Waals surface area contributed by atoms with E-state index in [1.165, 1.54) is 12.1 Å². The maximum Gasteiger partial charge on any atom is 0.293 e. The summed E-state index contributed by atoms with van der Waals surface area (Å²) in [6, 6.07) is 2.76. The van der Waals surface area contributed by atoms with Crippen LogP contribution in [0.2, 0.25) is 10.0 Å². The summed E-state index contributed by atoms with van der Waals surface area (Å²) >= 11 is 11.7. The number of nitro benzene ring substituents is 1. The average molecular weight is 291 g/mol. The van der Waals surface area contributed by atoms with Crippen molar-refractivity contribution in [3.05, 3.63) is 32.3 Å². The van der Waals surface area contributed by atoms with Gasteiger partial charge in [-0.15, -0.1) is 0 Å². The van der Waals surface area contributed by atoms with Crippen LogP contribution in [0.25, 0.3) is 0 Å². The number of hydrogen-bond donors (Lipinski definition) is 1. The molecule has 1 aromatic carbocycles. The monoisotopic (exact) mass is 290 g/mol. The number of nitro groups is 1. The molecule has 1 N–H and O–H groups in total. The van der Waals surface area contributed by atoms with E-state index in [1.54, 1.807) is 0 Å². The maximum atomic E-state index is 10.9. The van der Waals surface area contributed by atoms with E-state index in [-0.39, 0.29) is 16.1 Å². The van der Waals surface area contributed by atoms with E-state index in [0.717, 1.165) is 6.42 Å². The number of rotatable bonds is 5. The molecule has 1 rings (SSSR count). The number of hydrogen-bond acceptors (Lipinski definition) is 3. The van der Waals surface area contributed by atoms with Gasteiger partial charge in [0.15, 0.2) is 0 Å². The standard InChI is InChI=1S/C12H16Cl2N2O2/c1-4-12(2,3)7-15-10-5-8(13)9(14)6-11(10)16(17)18/h5-6,15H,4,7H2,1-3H3. The van der Waals surface area contributed by atoms with Gasteiger partial charge in [-0.05, 0) is 17.9 Å². The van der Waals surface area contributed by atoms with Crippen LogP contribution < -0.4 is 5.32 Å². The van der Waals surface area contributed by atoms with Crippen molar-refractivity contribution < 1.29 is 4.92 Å². The number of nitrogens with zero attached hydrogens (tertiary/aromatic N) is 1. The molecule has 6 heteroatoms. The van der Waals surface area contributed by atoms with E-state index in [2.05, 4.69) is 26.1 Å². The van der Waals surface area contributed by atoms with Crippen LogP contribution in [0.15, 0.2) is 12.1 Å². The fourth-order valence-corrected chi connectivity index (χ4v) is 1.61. The Morgan fingerprint density at radius 3 is 2.39 bits per heavy atom. The van der Waals surface area contributed by atoms with Crippen LogP contribution in [-0.4, -0.2) is 11.5 Å². The summed E-state index contributed by atoms with van der Waals surface area (Å²) in [5.74, 6) is 0. The van der Waals surface area contributed by atoms with Crippen LogP contribution in [0.5, 0.6) is 0 Å². The Bertz CT molecular complexity index is 462. The summed E-state index contributed by atoms with van der Waals surface area (Å²) in [6.07, 6.45) is 0.967. The summed E-state index contributed by atoms with van der Waals surface area (Å²) in [6.45, 7) is 6.87. The number of anilines is 1. The Labute approximate surface area is 116 Å². The number of halogens is 2. The highest BCUT2D eigenvalue weighted by atomic mass is 35.5. The van der Waals surface area contributed by atoms with Crippen LogP contribution in [-0.2, 0) is 0 Å². The molecule has 18 heavy (non-hydrogen) atoms. The molecule has 0 fully saturated rings. The first-order valence-electron chi connectivity index (χ1n) is 5.64. The van der Waals surface area contributed by atoms with Crippen LogP contribution in [0.1, 0.15) is 27.2 Å². The second-order valence-electron chi connectivity index (χ2n) is 4.91. The molecule has 0 saturated carbocycles. The van der Waals surface area contributed by atoms with Crippen molar-refractivity contribution in [3.63, 3.8) is 0 Å². The highest BCUT2D eigenvalue weighted by Gasteiger charge is 2.20. The molecule has 0 amide bonds. The molecule has 4 nitrogen and oxygen atoms in total. The Morgan fingerprint density at radius 1 is 1.33 bits per heavy atom. The van der Waals surface area contributed by atoms with Gasteiger partial charge in [0.05, 0.1) is 15.0 Å². The number of nitrogens with one attached hydrogen (secondary N) is 1. The minimum Gasteiger partial charge on any atom is -0.379 e. The van der Waals surface area contributed by atoms with Gasteiger partial charge in [-0.3, -0.25) is 10.1 Å². The van der Waals surface area contributed by atoms with Gasteiger partial charge in [-0.25, -0.2) is 0 Å². The molecule has 0 saturated heterocycles. The minimum absolute atomic E-state index is 0.0555. The van der Waals surface area contributed by atoms with Crippen LogP contribution in [0, 0.1) is 15.5 Å². The largest absolute Gasteiger partial charge is 0.379 e. The summed E-state index contributed by atoms with van der Waals surface area (Å²) in [4.78, 5) is 10.5. The topological polar surface area (TPSA) is 55.2 Å². The molecule has 100 valence electrons. The number of benzene rings is 1. The summed E-state index contributed by atoms with van der Waals surface area (Å²) in [5, 5.41) is 14.5. The van der Waals surface area contributed by atoms with Crippen molar-refractivity contribution in [2.75, 3.05) is 11.9 Å². The normalized spacial score (nSPS) is 11.4. The highest BCUT2D eigenvalue weighted by Crippen LogP contribution is 2.34. The molecular weight excluding hydrogens is 275 g/mol. The van der Waals surface area contributed by atoms with Crippen molar-refractivity contribution in [2.45, 2.75) is 27.2 Å². The van der Waals surface area contributed by atoms with Crippen molar-refractivity contribution in [1.82, 2.24) is 0 Å². The molecule has 0 aliphatic rings. The van der Waals surface area contributed by atoms with E-state index >= 15 is 0 Å². The molecule has 0 bridgehead atoms. The van der Waals surface area contributed by atoms with E-state index in [9.17, 15) is 10.1 Å². The molecule has 0 atom stereocenters. The van der Waals surface area contributed by atoms with Gasteiger partial charge in [-0.1, -0.05) is 44.0 Å². The lowest BCUT2D eigenvalue weighted by Gasteiger charge is -2.23. The van der Waals surface area contributed by atoms with Crippen molar-refractivity contribution >= 4 is 34.6 Å². The van der Waals surface area contributed by atoms with E-state index in [1.807, 2.05) is 0 Å². The van der Waals surface area contributed by atoms with Gasteiger partial charge in [0.2, 0.25) is 0 Å². The van der Waals surface area contributed by atoms with Crippen LogP contribution in [0.4, 0.5) is 11.4 Å². The van der Waals surface area contributed by atoms with Crippen molar-refractivity contribution in [3.8, 4) is 0 Å². The third kappa shape index (κ3) is 3.75. The fraction of sp³-hybridized carbons (Fsp3) is 0.500. The Morgan fingerprint density at radius 2 is 1.89 bits per heavy atom. The van der Waals surface area contributed by atoms with Gasteiger partial charge < -0.3 is 5.32 Å². The molecule has 0 aliphatic heterocycles. The SMILES string of the molecule is CCC(C)(C)CNc1cc(Cl)c(Cl)cc1[N+](=O)[O-]. The van der Waals surface area contributed by atoms with E-state index in [0.29, 0.717) is 17.3 Å². The second kappa shape index (κ2) is 5.76. The lowest BCUT2D eigenvalue weighted by molar-refractivity contribution is -0.383. The summed E-state index contributed by atoms with van der Waals surface area (Å²) in [5.41, 5.74) is 0.396. The van der Waals surface area contributed by atoms with Crippen LogP contribution in [0.3, 0.4) is 0 Å². The predicted molar refractivity (Wildman–Crippen MR) is 75.7 cm³/mol. The van der Waals surface area contributed by atoms with Gasteiger partial charge in [0.25, 0.3) is 5.69 Å². The molecule has 1 aromatic rings. The zero-order chi connectivity index (χ0) is 13.9. The lowest BCUT2D eigenvalue weighted by Crippen LogP contribution is -2.22. The zero-order valence-corrected chi connectivity index (χ0v) is 12.1. The Balaban J connectivity index is 3.01. The van der Waals surface area contributed by atoms with Gasteiger partial charge >= 0.3 is 0 Å². The Hall–Kier alpha value is -1.00. The molecule has 0 spiro atoms. The summed E-state index contributed by atoms with van der Waals surface area (Å²) < 4.78 is 0. The van der Waals surface area contributed by atoms with Crippen LogP contribution >= 0.6 is 23.2 Å². The van der Waals surface area contributed by atoms with E-state index < -0.39 is 4.92 Å². The minimum atomic E-state index is -0.469. The van der Waals surface area contributed by atoms with Gasteiger partial charge in [-0.2, -0.15) is 0 Å². The second-order valence-corrected chi connectivity index (χ2v) is 5.73. The first kappa shape index (κ1) is 15.1. The quantitative estimate of drug-likeness (QED) is 0.629. The van der Waals surface area contributed by atoms with Crippen molar-refractivity contribution in [2.24, 2.45) is 5.41 Å². The molecule has 0 aromatic heterocycles. The Kier molecular flexibility index (Phi) is 4.82. The predicted octanol–water partition coefficient (Wildman–Crippen LogP) is 4.75. The molecule has 0 unspecified atom stereocenters. The molecule has 0 radical (unpaired) electrons. The van der Waals surface area contributed by atoms with Crippen molar-refractivity contribution in [1.29, 1.82) is 0 Å². The lowest BCUT2D eigenvalue weighted by atomic mass is 9.90. The fourth-order valence-electron chi connectivity index (χ4n) is 1.29. The third-order valence-electron chi connectivity index (χ3n) is 2.95. The highest BCUT2D eigenvalue weighted by molar-refractivity contribution is 6.42. The summed E-state index contributed by atoms with van der Waals surface area (Å²) in [7, 11) is 0. The van der Waals surface area contributed by atoms with Gasteiger partial charge in [0, 0.05) is 12.6 Å². The first-order valence-corrected chi connectivity index (χ1v) is 6.40. The molecular formula is C12H16Cl2N2O2. The van der Waals surface area contributed by atoms with E-state index in [4.69, 9.17) is 23.2 Å². The maximum absolute atomic E-state index is 10.9. The smallest absolute Gasteiger partial charge is 0.293 e. The van der Waals surface area contributed by atoms with Gasteiger partial charge in [0.1, 0.15) is 5.69 Å². The first-order chi connectivity index (χ1) is 8.26. The molecule has 0 aliphatic carbocycles. The average Bonchev–Trinajstić information content (AvgIpc) is 2.30. The third-order valence-corrected chi connectivity index (χ3v) is 3.67. The molecule has 0 heterocycles. The zero-order valence-electron chi connectivity index (χ0n) is 10.6.